The van der Waals surface area contributed by atoms with Crippen molar-refractivity contribution in [1.82, 2.24) is 0 Å². The molecule has 5 heteroatoms. The van der Waals surface area contributed by atoms with E-state index in [4.69, 9.17) is 4.74 Å². The van der Waals surface area contributed by atoms with Crippen LogP contribution in [0.5, 0.6) is 11.5 Å². The maximum absolute atomic E-state index is 13.1. The zero-order chi connectivity index (χ0) is 16.8. The second-order valence-electron chi connectivity index (χ2n) is 6.16. The normalized spacial score (nSPS) is 13.6. The second kappa shape index (κ2) is 5.48. The lowest BCUT2D eigenvalue weighted by Gasteiger charge is -2.34. The van der Waals surface area contributed by atoms with Crippen molar-refractivity contribution in [3.05, 3.63) is 47.5 Å². The third-order valence-corrected chi connectivity index (χ3v) is 3.90. The van der Waals surface area contributed by atoms with Crippen LogP contribution in [0.25, 0.3) is 0 Å². The van der Waals surface area contributed by atoms with Crippen molar-refractivity contribution >= 4 is 11.4 Å². The maximum atomic E-state index is 13.1. The summed E-state index contributed by atoms with van der Waals surface area (Å²) < 4.78 is 45.1. The standard InChI is InChI=1S/C18H18F3NO/c1-11(2)13-5-7-16-15(9-13)22(10-18(19,20)21)14-6-4-12(3)8-17(14)23-16/h4-9,11H,10H2,1-3H3. The highest BCUT2D eigenvalue weighted by atomic mass is 19.4. The van der Waals surface area contributed by atoms with E-state index in [1.807, 2.05) is 26.8 Å². The molecule has 0 saturated heterocycles. The van der Waals surface area contributed by atoms with Gasteiger partial charge in [-0.3, -0.25) is 0 Å². The summed E-state index contributed by atoms with van der Waals surface area (Å²) in [5, 5.41) is 0. The molecule has 23 heavy (non-hydrogen) atoms. The number of aryl methyl sites for hydroxylation is 1. The molecule has 1 aliphatic heterocycles. The number of hydrogen-bond donors (Lipinski definition) is 0. The number of hydrogen-bond acceptors (Lipinski definition) is 2. The molecule has 0 amide bonds. The van der Waals surface area contributed by atoms with Crippen molar-refractivity contribution in [3.63, 3.8) is 0 Å². The molecule has 0 fully saturated rings. The topological polar surface area (TPSA) is 12.5 Å². The minimum Gasteiger partial charge on any atom is -0.453 e. The van der Waals surface area contributed by atoms with Crippen LogP contribution in [0.2, 0.25) is 0 Å². The molecule has 1 heterocycles. The van der Waals surface area contributed by atoms with Gasteiger partial charge >= 0.3 is 6.18 Å². The van der Waals surface area contributed by atoms with Crippen LogP contribution in [0.1, 0.15) is 30.9 Å². The molecule has 0 bridgehead atoms. The van der Waals surface area contributed by atoms with Crippen molar-refractivity contribution in [3.8, 4) is 11.5 Å². The lowest BCUT2D eigenvalue weighted by molar-refractivity contribution is -0.118. The summed E-state index contributed by atoms with van der Waals surface area (Å²) >= 11 is 0. The molecule has 122 valence electrons. The Morgan fingerprint density at radius 2 is 1.74 bits per heavy atom. The van der Waals surface area contributed by atoms with Crippen LogP contribution in [0.4, 0.5) is 24.5 Å². The predicted octanol–water partition coefficient (Wildman–Crippen LogP) is 5.92. The number of benzene rings is 2. The molecule has 1 aliphatic rings. The van der Waals surface area contributed by atoms with E-state index in [1.54, 1.807) is 30.3 Å². The summed E-state index contributed by atoms with van der Waals surface area (Å²) in [6.45, 7) is 4.86. The molecular formula is C18H18F3NO. The fraction of sp³-hybridized carbons (Fsp3) is 0.333. The number of halogens is 3. The Morgan fingerprint density at radius 3 is 2.39 bits per heavy atom. The largest absolute Gasteiger partial charge is 0.453 e. The summed E-state index contributed by atoms with van der Waals surface area (Å²) in [7, 11) is 0. The van der Waals surface area contributed by atoms with Gasteiger partial charge in [0.1, 0.15) is 6.54 Å². The van der Waals surface area contributed by atoms with Gasteiger partial charge in [-0.15, -0.1) is 0 Å². The number of fused-ring (bicyclic) bond motifs is 2. The monoisotopic (exact) mass is 321 g/mol. The van der Waals surface area contributed by atoms with E-state index in [0.29, 0.717) is 22.9 Å². The Morgan fingerprint density at radius 1 is 1.00 bits per heavy atom. The van der Waals surface area contributed by atoms with Crippen molar-refractivity contribution in [2.75, 3.05) is 11.4 Å². The number of nitrogens with zero attached hydrogens (tertiary/aromatic N) is 1. The van der Waals surface area contributed by atoms with Gasteiger partial charge in [0.2, 0.25) is 0 Å². The molecule has 0 spiro atoms. The molecule has 0 atom stereocenters. The number of alkyl halides is 3. The molecule has 0 unspecified atom stereocenters. The fourth-order valence-electron chi connectivity index (χ4n) is 2.71. The molecule has 3 rings (SSSR count). The molecule has 0 N–H and O–H groups in total. The van der Waals surface area contributed by atoms with E-state index in [2.05, 4.69) is 0 Å². The second-order valence-corrected chi connectivity index (χ2v) is 6.16. The van der Waals surface area contributed by atoms with Crippen LogP contribution in [0, 0.1) is 6.92 Å². The van der Waals surface area contributed by atoms with E-state index < -0.39 is 12.7 Å². The Bertz CT molecular complexity index is 738. The van der Waals surface area contributed by atoms with Crippen LogP contribution >= 0.6 is 0 Å². The van der Waals surface area contributed by atoms with Gasteiger partial charge in [-0.25, -0.2) is 0 Å². The van der Waals surface area contributed by atoms with Gasteiger partial charge in [-0.1, -0.05) is 26.0 Å². The van der Waals surface area contributed by atoms with E-state index >= 15 is 0 Å². The molecule has 2 aromatic carbocycles. The summed E-state index contributed by atoms with van der Waals surface area (Å²) in [4.78, 5) is 1.29. The average Bonchev–Trinajstić information content (AvgIpc) is 2.44. The highest BCUT2D eigenvalue weighted by molar-refractivity contribution is 5.78. The van der Waals surface area contributed by atoms with Crippen molar-refractivity contribution in [2.24, 2.45) is 0 Å². The Hall–Kier alpha value is -2.17. The number of ether oxygens (including phenoxy) is 1. The van der Waals surface area contributed by atoms with E-state index in [0.717, 1.165) is 11.1 Å². The van der Waals surface area contributed by atoms with Crippen LogP contribution in [0.3, 0.4) is 0 Å². The zero-order valence-electron chi connectivity index (χ0n) is 13.2. The van der Waals surface area contributed by atoms with Gasteiger partial charge in [0.05, 0.1) is 11.4 Å². The molecule has 0 radical (unpaired) electrons. The van der Waals surface area contributed by atoms with Crippen molar-refractivity contribution in [2.45, 2.75) is 32.9 Å². The smallest absolute Gasteiger partial charge is 0.406 e. The Labute approximate surface area is 133 Å². The first-order valence-electron chi connectivity index (χ1n) is 7.51. The van der Waals surface area contributed by atoms with Crippen LogP contribution in [0.15, 0.2) is 36.4 Å². The molecule has 2 aromatic rings. The number of rotatable bonds is 2. The quantitative estimate of drug-likeness (QED) is 0.680. The minimum atomic E-state index is -4.30. The van der Waals surface area contributed by atoms with Crippen molar-refractivity contribution in [1.29, 1.82) is 0 Å². The molecule has 0 aliphatic carbocycles. The lowest BCUT2D eigenvalue weighted by Crippen LogP contribution is -2.32. The third-order valence-electron chi connectivity index (χ3n) is 3.90. The van der Waals surface area contributed by atoms with E-state index in [9.17, 15) is 13.2 Å². The van der Waals surface area contributed by atoms with Gasteiger partial charge in [0.25, 0.3) is 0 Å². The molecular weight excluding hydrogens is 303 g/mol. The Kier molecular flexibility index (Phi) is 3.74. The van der Waals surface area contributed by atoms with Gasteiger partial charge < -0.3 is 9.64 Å². The fourth-order valence-corrected chi connectivity index (χ4v) is 2.71. The average molecular weight is 321 g/mol. The van der Waals surface area contributed by atoms with Crippen LogP contribution in [-0.2, 0) is 0 Å². The van der Waals surface area contributed by atoms with E-state index in [-0.39, 0.29) is 5.92 Å². The predicted molar refractivity (Wildman–Crippen MR) is 84.8 cm³/mol. The summed E-state index contributed by atoms with van der Waals surface area (Å²) in [5.74, 6) is 1.14. The van der Waals surface area contributed by atoms with Crippen LogP contribution in [-0.4, -0.2) is 12.7 Å². The Balaban J connectivity index is 2.14. The number of anilines is 2. The van der Waals surface area contributed by atoms with Gasteiger partial charge in [0.15, 0.2) is 11.5 Å². The highest BCUT2D eigenvalue weighted by Gasteiger charge is 2.36. The summed E-state index contributed by atoms with van der Waals surface area (Å²) in [6, 6.07) is 10.7. The molecule has 2 nitrogen and oxygen atoms in total. The highest BCUT2D eigenvalue weighted by Crippen LogP contribution is 2.48. The summed E-state index contributed by atoms with van der Waals surface area (Å²) in [6.07, 6.45) is -4.30. The van der Waals surface area contributed by atoms with Gasteiger partial charge in [0, 0.05) is 0 Å². The summed E-state index contributed by atoms with van der Waals surface area (Å²) in [5.41, 5.74) is 2.83. The van der Waals surface area contributed by atoms with Gasteiger partial charge in [-0.05, 0) is 48.2 Å². The van der Waals surface area contributed by atoms with Gasteiger partial charge in [-0.2, -0.15) is 13.2 Å². The molecule has 0 aromatic heterocycles. The SMILES string of the molecule is Cc1ccc2c(c1)Oc1ccc(C(C)C)cc1N2CC(F)(F)F. The minimum absolute atomic E-state index is 0.229. The lowest BCUT2D eigenvalue weighted by atomic mass is 10.0. The van der Waals surface area contributed by atoms with Crippen LogP contribution < -0.4 is 9.64 Å². The first kappa shape index (κ1) is 15.7. The zero-order valence-corrected chi connectivity index (χ0v) is 13.2. The maximum Gasteiger partial charge on any atom is 0.406 e. The third kappa shape index (κ3) is 3.14. The van der Waals surface area contributed by atoms with Crippen molar-refractivity contribution < 1.29 is 17.9 Å². The molecule has 0 saturated carbocycles. The first-order chi connectivity index (χ1) is 10.7. The first-order valence-corrected chi connectivity index (χ1v) is 7.51. The van der Waals surface area contributed by atoms with E-state index in [1.165, 1.54) is 4.90 Å².